The second-order valence-corrected chi connectivity index (χ2v) is 16.1. The van der Waals surface area contributed by atoms with E-state index in [0.29, 0.717) is 62.9 Å². The molecule has 59 heavy (non-hydrogen) atoms. The van der Waals surface area contributed by atoms with Gasteiger partial charge >= 0.3 is 0 Å². The van der Waals surface area contributed by atoms with E-state index in [9.17, 15) is 4.79 Å². The van der Waals surface area contributed by atoms with Crippen molar-refractivity contribution in [2.24, 2.45) is 0 Å². The summed E-state index contributed by atoms with van der Waals surface area (Å²) in [5, 5.41) is 12.2. The molecule has 0 fully saturated rings. The van der Waals surface area contributed by atoms with Crippen LogP contribution in [-0.2, 0) is 42.0 Å². The van der Waals surface area contributed by atoms with Crippen LogP contribution in [-0.4, -0.2) is 48.7 Å². The van der Waals surface area contributed by atoms with Crippen molar-refractivity contribution in [2.75, 3.05) is 28.4 Å². The average Bonchev–Trinajstić information content (AvgIpc) is 3.98. The van der Waals surface area contributed by atoms with Gasteiger partial charge < -0.3 is 5.32 Å². The van der Waals surface area contributed by atoms with Gasteiger partial charge in [0.05, 0.1) is 35.8 Å². The van der Waals surface area contributed by atoms with Crippen molar-refractivity contribution >= 4 is 87.2 Å². The zero-order valence-corrected chi connectivity index (χ0v) is 34.8. The van der Waals surface area contributed by atoms with E-state index >= 15 is 0 Å². The van der Waals surface area contributed by atoms with E-state index in [1.165, 1.54) is 6.20 Å². The second kappa shape index (κ2) is 16.8. The molecule has 7 heterocycles. The molecule has 0 bridgehead atoms. The smallest absolute Gasteiger partial charge is 0.232 e. The van der Waals surface area contributed by atoms with E-state index in [0.717, 1.165) is 68.1 Å². The zero-order valence-electron chi connectivity index (χ0n) is 31.0. The van der Waals surface area contributed by atoms with Gasteiger partial charge in [-0.1, -0.05) is 88.3 Å². The molecule has 2 aliphatic heterocycles. The molecule has 0 spiro atoms. The van der Waals surface area contributed by atoms with Crippen LogP contribution in [0.1, 0.15) is 27.8 Å². The SMILES string of the molecule is O=C(Cc1ccccc1Cl)N1CCc2cc(-c3cc(Nc4ccnn4Cc4ccc(CON5CCc6cc(-c7cc(Cl)ncc7Cl)cnc65)c(Cl)c4)ncc3Cl)cnc21. The van der Waals surface area contributed by atoms with Crippen LogP contribution in [0.25, 0.3) is 22.3 Å². The lowest BCUT2D eigenvalue weighted by atomic mass is 10.1. The molecule has 0 unspecified atom stereocenters. The number of anilines is 4. The van der Waals surface area contributed by atoms with Gasteiger partial charge in [0.15, 0.2) is 5.82 Å². The molecule has 1 N–H and O–H groups in total. The first-order valence-corrected chi connectivity index (χ1v) is 20.5. The number of fused-ring (bicyclic) bond motifs is 2. The van der Waals surface area contributed by atoms with Crippen molar-refractivity contribution in [2.45, 2.75) is 32.4 Å². The molecule has 7 aromatic rings. The lowest BCUT2D eigenvalue weighted by Crippen LogP contribution is -2.31. The summed E-state index contributed by atoms with van der Waals surface area (Å²) in [7, 11) is 0. The predicted molar refractivity (Wildman–Crippen MR) is 233 cm³/mol. The molecular formula is C43H32Cl5N9O2. The Morgan fingerprint density at radius 2 is 1.42 bits per heavy atom. The minimum absolute atomic E-state index is 0.0491. The predicted octanol–water partition coefficient (Wildman–Crippen LogP) is 10.5. The van der Waals surface area contributed by atoms with Crippen molar-refractivity contribution in [1.29, 1.82) is 0 Å². The number of rotatable bonds is 11. The Balaban J connectivity index is 0.839. The van der Waals surface area contributed by atoms with Crippen molar-refractivity contribution in [3.63, 3.8) is 0 Å². The van der Waals surface area contributed by atoms with Crippen LogP contribution in [0.4, 0.5) is 23.3 Å². The third-order valence-corrected chi connectivity index (χ3v) is 11.8. The Hall–Kier alpha value is -5.27. The number of benzene rings is 2. The number of amides is 1. The molecule has 5 aromatic heterocycles. The molecule has 0 atom stereocenters. The fourth-order valence-corrected chi connectivity index (χ4v) is 8.30. The number of nitrogens with one attached hydrogen (secondary N) is 1. The van der Waals surface area contributed by atoms with Crippen molar-refractivity contribution < 1.29 is 9.63 Å². The van der Waals surface area contributed by atoms with Gasteiger partial charge in [-0.15, -0.1) is 0 Å². The summed E-state index contributed by atoms with van der Waals surface area (Å²) in [5.74, 6) is 2.67. The molecule has 0 radical (unpaired) electrons. The lowest BCUT2D eigenvalue weighted by molar-refractivity contribution is -0.117. The maximum Gasteiger partial charge on any atom is 0.232 e. The average molecular weight is 884 g/mol. The Labute approximate surface area is 364 Å². The monoisotopic (exact) mass is 881 g/mol. The first-order chi connectivity index (χ1) is 28.7. The highest BCUT2D eigenvalue weighted by molar-refractivity contribution is 6.35. The van der Waals surface area contributed by atoms with Gasteiger partial charge in [-0.25, -0.2) is 29.7 Å². The van der Waals surface area contributed by atoms with Gasteiger partial charge in [0.2, 0.25) is 5.91 Å². The molecule has 9 rings (SSSR count). The number of carbonyl (C=O) groups excluding carboxylic acids is 1. The first-order valence-electron chi connectivity index (χ1n) is 18.6. The molecule has 296 valence electrons. The first kappa shape index (κ1) is 39.2. The minimum Gasteiger partial charge on any atom is -0.325 e. The van der Waals surface area contributed by atoms with Gasteiger partial charge in [-0.2, -0.15) is 5.10 Å². The van der Waals surface area contributed by atoms with Crippen molar-refractivity contribution in [3.05, 3.63) is 157 Å². The maximum absolute atomic E-state index is 13.2. The number of aromatic nitrogens is 6. The highest BCUT2D eigenvalue weighted by atomic mass is 35.5. The van der Waals surface area contributed by atoms with Crippen LogP contribution in [0.2, 0.25) is 25.2 Å². The van der Waals surface area contributed by atoms with E-state index in [-0.39, 0.29) is 18.9 Å². The Morgan fingerprint density at radius 1 is 0.695 bits per heavy atom. The molecular weight excluding hydrogens is 852 g/mol. The maximum atomic E-state index is 13.2. The fraction of sp³-hybridized carbons (Fsp3) is 0.163. The standard InChI is InChI=1S/C43H32Cl5N9O2/c44-34-4-2-1-3-26(34)16-41(58)55-11-8-27-14-31(19-51-42(27)55)33-18-39(50-22-37(33)47)54-40-7-10-53-56(40)23-25-5-6-29(35(45)13-25)24-59-57-12-9-28-15-30(20-52-43(28)57)32-17-38(48)49-21-36(32)46/h1-7,10,13-15,17-22H,8-9,11-12,16,23-24H2,(H,50,54). The van der Waals surface area contributed by atoms with Gasteiger partial charge in [0.1, 0.15) is 29.2 Å². The largest absolute Gasteiger partial charge is 0.325 e. The van der Waals surface area contributed by atoms with Crippen LogP contribution < -0.4 is 15.3 Å². The molecule has 0 saturated heterocycles. The zero-order chi connectivity index (χ0) is 40.6. The number of hydrogen-bond acceptors (Lipinski definition) is 9. The Morgan fingerprint density at radius 3 is 2.22 bits per heavy atom. The third-order valence-electron chi connectivity index (χ3n) is 10.3. The van der Waals surface area contributed by atoms with Gasteiger partial charge in [0, 0.05) is 69.7 Å². The van der Waals surface area contributed by atoms with E-state index in [4.69, 9.17) is 67.8 Å². The van der Waals surface area contributed by atoms with E-state index in [1.54, 1.807) is 46.9 Å². The summed E-state index contributed by atoms with van der Waals surface area (Å²) >= 11 is 32.3. The normalized spacial score (nSPS) is 13.2. The van der Waals surface area contributed by atoms with Gasteiger partial charge in [-0.05, 0) is 77.1 Å². The van der Waals surface area contributed by atoms with E-state index in [1.807, 2.05) is 59.3 Å². The molecule has 11 nitrogen and oxygen atoms in total. The second-order valence-electron chi connectivity index (χ2n) is 14.1. The summed E-state index contributed by atoms with van der Waals surface area (Å²) in [6.07, 6.45) is 10.0. The number of pyridine rings is 4. The van der Waals surface area contributed by atoms with Gasteiger partial charge in [0.25, 0.3) is 0 Å². The van der Waals surface area contributed by atoms with E-state index in [2.05, 4.69) is 31.4 Å². The van der Waals surface area contributed by atoms with Crippen molar-refractivity contribution in [1.82, 2.24) is 29.7 Å². The molecule has 2 aromatic carbocycles. The molecule has 2 aliphatic rings. The topological polar surface area (TPSA) is 114 Å². The summed E-state index contributed by atoms with van der Waals surface area (Å²) in [6.45, 7) is 1.93. The fourth-order valence-electron chi connectivity index (χ4n) is 7.26. The number of carbonyl (C=O) groups is 1. The highest BCUT2D eigenvalue weighted by Crippen LogP contribution is 2.37. The number of halogens is 5. The highest BCUT2D eigenvalue weighted by Gasteiger charge is 2.28. The Kier molecular flexibility index (Phi) is 11.1. The molecule has 16 heteroatoms. The summed E-state index contributed by atoms with van der Waals surface area (Å²) in [5.41, 5.74) is 7.83. The molecule has 0 saturated carbocycles. The third kappa shape index (κ3) is 8.32. The molecule has 0 aliphatic carbocycles. The summed E-state index contributed by atoms with van der Waals surface area (Å²) in [4.78, 5) is 39.1. The molecule has 1 amide bonds. The van der Waals surface area contributed by atoms with Gasteiger partial charge in [-0.3, -0.25) is 14.5 Å². The quantitative estimate of drug-likeness (QED) is 0.127. The number of hydrogen-bond donors (Lipinski definition) is 1. The van der Waals surface area contributed by atoms with Crippen LogP contribution in [0.15, 0.2) is 104 Å². The van der Waals surface area contributed by atoms with Crippen molar-refractivity contribution in [3.8, 4) is 22.3 Å². The van der Waals surface area contributed by atoms with Crippen LogP contribution >= 0.6 is 58.0 Å². The number of nitrogens with zero attached hydrogens (tertiary/aromatic N) is 8. The lowest BCUT2D eigenvalue weighted by Gasteiger charge is -2.19. The van der Waals surface area contributed by atoms with Crippen LogP contribution in [0, 0.1) is 0 Å². The Bertz CT molecular complexity index is 2750. The van der Waals surface area contributed by atoms with Crippen LogP contribution in [0.5, 0.6) is 0 Å². The summed E-state index contributed by atoms with van der Waals surface area (Å²) < 4.78 is 1.83. The minimum atomic E-state index is -0.0491. The van der Waals surface area contributed by atoms with Crippen LogP contribution in [0.3, 0.4) is 0 Å². The van der Waals surface area contributed by atoms with E-state index < -0.39 is 0 Å². The summed E-state index contributed by atoms with van der Waals surface area (Å²) in [6, 6.07) is 22.8. The number of hydroxylamine groups is 1.